The van der Waals surface area contributed by atoms with E-state index in [1.807, 2.05) is 6.92 Å². The summed E-state index contributed by atoms with van der Waals surface area (Å²) >= 11 is 0. The number of nitrogens with zero attached hydrogens (tertiary/aromatic N) is 1. The van der Waals surface area contributed by atoms with Crippen LogP contribution in [0, 0.1) is 18.3 Å². The Morgan fingerprint density at radius 1 is 1.50 bits per heavy atom. The standard InChI is InChI=1S/C12H16N2O3S/c1-4-11(8-13)18(15,16)14-10-5-6-12(17-3)9(2)7-10/h5-7,11,14H,4H2,1-3H3. The van der Waals surface area contributed by atoms with Gasteiger partial charge in [-0.2, -0.15) is 5.26 Å². The van der Waals surface area contributed by atoms with Gasteiger partial charge >= 0.3 is 0 Å². The number of anilines is 1. The lowest BCUT2D eigenvalue weighted by Gasteiger charge is -2.12. The molecule has 0 saturated carbocycles. The molecular weight excluding hydrogens is 252 g/mol. The minimum absolute atomic E-state index is 0.251. The molecule has 1 unspecified atom stereocenters. The van der Waals surface area contributed by atoms with Crippen LogP contribution in [0.5, 0.6) is 5.75 Å². The van der Waals surface area contributed by atoms with Gasteiger partial charge in [-0.15, -0.1) is 0 Å². The van der Waals surface area contributed by atoms with Crippen molar-refractivity contribution in [2.75, 3.05) is 11.8 Å². The lowest BCUT2D eigenvalue weighted by molar-refractivity contribution is 0.412. The zero-order valence-electron chi connectivity index (χ0n) is 10.6. The number of aryl methyl sites for hydroxylation is 1. The van der Waals surface area contributed by atoms with Crippen LogP contribution in [0.3, 0.4) is 0 Å². The zero-order chi connectivity index (χ0) is 13.8. The van der Waals surface area contributed by atoms with E-state index in [2.05, 4.69) is 4.72 Å². The Kier molecular flexibility index (Phi) is 4.56. The highest BCUT2D eigenvalue weighted by atomic mass is 32.2. The molecule has 0 aliphatic carbocycles. The average Bonchev–Trinajstić information content (AvgIpc) is 2.29. The molecule has 6 heteroatoms. The third kappa shape index (κ3) is 3.14. The Bertz CT molecular complexity index is 561. The van der Waals surface area contributed by atoms with Gasteiger partial charge in [-0.3, -0.25) is 4.72 Å². The Morgan fingerprint density at radius 3 is 2.61 bits per heavy atom. The normalized spacial score (nSPS) is 12.6. The number of benzene rings is 1. The van der Waals surface area contributed by atoms with Crippen LogP contribution in [0.15, 0.2) is 18.2 Å². The van der Waals surface area contributed by atoms with Crippen molar-refractivity contribution in [1.82, 2.24) is 0 Å². The average molecular weight is 268 g/mol. The topological polar surface area (TPSA) is 79.2 Å². The Labute approximate surface area is 107 Å². The summed E-state index contributed by atoms with van der Waals surface area (Å²) in [6, 6.07) is 6.73. The van der Waals surface area contributed by atoms with Crippen molar-refractivity contribution >= 4 is 15.7 Å². The SMILES string of the molecule is CCC(C#N)S(=O)(=O)Nc1ccc(OC)c(C)c1. The van der Waals surface area contributed by atoms with Gasteiger partial charge in [0.1, 0.15) is 5.75 Å². The fourth-order valence-electron chi connectivity index (χ4n) is 1.56. The van der Waals surface area contributed by atoms with E-state index in [1.165, 1.54) is 0 Å². The van der Waals surface area contributed by atoms with Crippen LogP contribution in [0.2, 0.25) is 0 Å². The summed E-state index contributed by atoms with van der Waals surface area (Å²) in [5.74, 6) is 0.685. The maximum absolute atomic E-state index is 11.9. The predicted molar refractivity (Wildman–Crippen MR) is 70.0 cm³/mol. The molecule has 0 radical (unpaired) electrons. The van der Waals surface area contributed by atoms with Crippen molar-refractivity contribution in [3.05, 3.63) is 23.8 Å². The Hall–Kier alpha value is -1.74. The fourth-order valence-corrected chi connectivity index (χ4v) is 2.73. The van der Waals surface area contributed by atoms with Crippen LogP contribution < -0.4 is 9.46 Å². The van der Waals surface area contributed by atoms with Gasteiger partial charge in [0.15, 0.2) is 5.25 Å². The summed E-state index contributed by atoms with van der Waals surface area (Å²) in [6.07, 6.45) is 0.251. The number of nitriles is 1. The van der Waals surface area contributed by atoms with Crippen LogP contribution in [0.25, 0.3) is 0 Å². The number of rotatable bonds is 5. The second kappa shape index (κ2) is 5.74. The molecule has 0 spiro atoms. The molecule has 5 nitrogen and oxygen atoms in total. The molecule has 0 amide bonds. The smallest absolute Gasteiger partial charge is 0.249 e. The number of ether oxygens (including phenoxy) is 1. The van der Waals surface area contributed by atoms with E-state index in [-0.39, 0.29) is 6.42 Å². The quantitative estimate of drug-likeness (QED) is 0.886. The van der Waals surface area contributed by atoms with E-state index in [9.17, 15) is 8.42 Å². The lowest BCUT2D eigenvalue weighted by Crippen LogP contribution is -2.25. The number of methoxy groups -OCH3 is 1. The van der Waals surface area contributed by atoms with Crippen molar-refractivity contribution in [3.8, 4) is 11.8 Å². The van der Waals surface area contributed by atoms with E-state index >= 15 is 0 Å². The van der Waals surface area contributed by atoms with E-state index in [1.54, 1.807) is 38.3 Å². The van der Waals surface area contributed by atoms with E-state index < -0.39 is 15.3 Å². The Balaban J connectivity index is 2.99. The van der Waals surface area contributed by atoms with Crippen molar-refractivity contribution < 1.29 is 13.2 Å². The minimum Gasteiger partial charge on any atom is -0.496 e. The van der Waals surface area contributed by atoms with E-state index in [4.69, 9.17) is 10.00 Å². The molecule has 0 saturated heterocycles. The summed E-state index contributed by atoms with van der Waals surface area (Å²) in [5.41, 5.74) is 1.25. The molecule has 98 valence electrons. The van der Waals surface area contributed by atoms with Crippen LogP contribution >= 0.6 is 0 Å². The third-order valence-electron chi connectivity index (χ3n) is 2.54. The number of sulfonamides is 1. The van der Waals surface area contributed by atoms with Crippen molar-refractivity contribution in [2.45, 2.75) is 25.5 Å². The van der Waals surface area contributed by atoms with E-state index in [0.717, 1.165) is 5.56 Å². The Morgan fingerprint density at radius 2 is 2.17 bits per heavy atom. The summed E-state index contributed by atoms with van der Waals surface area (Å²) in [6.45, 7) is 3.48. The molecule has 0 aromatic heterocycles. The summed E-state index contributed by atoms with van der Waals surface area (Å²) in [4.78, 5) is 0. The summed E-state index contributed by atoms with van der Waals surface area (Å²) in [5, 5.41) is 7.75. The summed E-state index contributed by atoms with van der Waals surface area (Å²) in [7, 11) is -2.11. The van der Waals surface area contributed by atoms with Crippen molar-refractivity contribution in [3.63, 3.8) is 0 Å². The predicted octanol–water partition coefficient (Wildman–Crippen LogP) is 2.05. The molecular formula is C12H16N2O3S. The fraction of sp³-hybridized carbons (Fsp3) is 0.417. The molecule has 0 aliphatic heterocycles. The van der Waals surface area contributed by atoms with Crippen molar-refractivity contribution in [1.29, 1.82) is 5.26 Å². The molecule has 0 aliphatic rings. The first-order chi connectivity index (χ1) is 8.44. The monoisotopic (exact) mass is 268 g/mol. The maximum atomic E-state index is 11.9. The molecule has 1 aromatic rings. The highest BCUT2D eigenvalue weighted by molar-refractivity contribution is 7.93. The van der Waals surface area contributed by atoms with Gasteiger partial charge in [0.05, 0.1) is 13.2 Å². The first-order valence-electron chi connectivity index (χ1n) is 5.50. The highest BCUT2D eigenvalue weighted by Gasteiger charge is 2.23. The number of hydrogen-bond donors (Lipinski definition) is 1. The summed E-state index contributed by atoms with van der Waals surface area (Å²) < 4.78 is 31.2. The van der Waals surface area contributed by atoms with Gasteiger partial charge < -0.3 is 4.74 Å². The van der Waals surface area contributed by atoms with Crippen LogP contribution in [-0.2, 0) is 10.0 Å². The lowest BCUT2D eigenvalue weighted by atomic mass is 10.2. The zero-order valence-corrected chi connectivity index (χ0v) is 11.4. The van der Waals surface area contributed by atoms with Gasteiger partial charge in [0, 0.05) is 5.69 Å². The molecule has 1 aromatic carbocycles. The number of hydrogen-bond acceptors (Lipinski definition) is 4. The molecule has 18 heavy (non-hydrogen) atoms. The largest absolute Gasteiger partial charge is 0.496 e. The van der Waals surface area contributed by atoms with Gasteiger partial charge in [-0.05, 0) is 37.1 Å². The molecule has 0 heterocycles. The van der Waals surface area contributed by atoms with Gasteiger partial charge in [-0.25, -0.2) is 8.42 Å². The van der Waals surface area contributed by atoms with E-state index in [0.29, 0.717) is 11.4 Å². The van der Waals surface area contributed by atoms with Crippen molar-refractivity contribution in [2.24, 2.45) is 0 Å². The molecule has 0 fully saturated rings. The third-order valence-corrected chi connectivity index (χ3v) is 4.25. The molecule has 1 atom stereocenters. The van der Waals surface area contributed by atoms with Crippen LogP contribution in [0.4, 0.5) is 5.69 Å². The van der Waals surface area contributed by atoms with Gasteiger partial charge in [0.25, 0.3) is 0 Å². The molecule has 0 bridgehead atoms. The molecule has 1 N–H and O–H groups in total. The number of nitrogens with one attached hydrogen (secondary N) is 1. The second-order valence-electron chi connectivity index (χ2n) is 3.86. The maximum Gasteiger partial charge on any atom is 0.249 e. The first kappa shape index (κ1) is 14.3. The van der Waals surface area contributed by atoms with Gasteiger partial charge in [0.2, 0.25) is 10.0 Å². The van der Waals surface area contributed by atoms with Crippen LogP contribution in [-0.4, -0.2) is 20.8 Å². The first-order valence-corrected chi connectivity index (χ1v) is 7.05. The van der Waals surface area contributed by atoms with Crippen LogP contribution in [0.1, 0.15) is 18.9 Å². The molecule has 1 rings (SSSR count). The highest BCUT2D eigenvalue weighted by Crippen LogP contribution is 2.22. The second-order valence-corrected chi connectivity index (χ2v) is 5.72. The van der Waals surface area contributed by atoms with Gasteiger partial charge in [-0.1, -0.05) is 6.92 Å². The minimum atomic E-state index is -3.66.